The van der Waals surface area contributed by atoms with Gasteiger partial charge in [0.1, 0.15) is 20.2 Å². The molecule has 0 bridgehead atoms. The molecule has 6 rings (SSSR count). The number of benzene rings is 2. The van der Waals surface area contributed by atoms with Gasteiger partial charge in [-0.05, 0) is 85.8 Å². The van der Waals surface area contributed by atoms with Crippen molar-refractivity contribution in [2.45, 2.75) is 48.3 Å². The molecular formula is C38H48N12Na4O14S4. The molecule has 0 spiro atoms. The Morgan fingerprint density at radius 3 is 1.25 bits per heavy atom. The minimum atomic E-state index is -5.23. The molecule has 372 valence electrons. The van der Waals surface area contributed by atoms with Crippen LogP contribution in [0.4, 0.5) is 47.1 Å². The summed E-state index contributed by atoms with van der Waals surface area (Å²) in [4.78, 5) is 28.2. The Balaban J connectivity index is 0.00000444. The molecule has 0 amide bonds. The van der Waals surface area contributed by atoms with E-state index in [9.17, 15) is 62.1 Å². The van der Waals surface area contributed by atoms with Gasteiger partial charge in [-0.25, -0.2) is 33.7 Å². The summed E-state index contributed by atoms with van der Waals surface area (Å²) in [5, 5.41) is 29.9. The van der Waals surface area contributed by atoms with Gasteiger partial charge in [-0.3, -0.25) is 0 Å². The molecule has 72 heavy (non-hydrogen) atoms. The van der Waals surface area contributed by atoms with E-state index in [4.69, 9.17) is 0 Å². The summed E-state index contributed by atoms with van der Waals surface area (Å²) in [5.41, 5.74) is -0.414. The van der Waals surface area contributed by atoms with Crippen LogP contribution in [0.5, 0.6) is 0 Å². The average Bonchev–Trinajstić information content (AvgIpc) is 3.25. The largest absolute Gasteiger partial charge is 1.00 e. The number of anilines is 8. The number of hydrogen-bond acceptors (Lipinski definition) is 26. The summed E-state index contributed by atoms with van der Waals surface area (Å²) in [6, 6.07) is 7.10. The van der Waals surface area contributed by atoms with Gasteiger partial charge in [-0.2, -0.15) is 29.9 Å². The summed E-state index contributed by atoms with van der Waals surface area (Å²) >= 11 is 0. The summed E-state index contributed by atoms with van der Waals surface area (Å²) in [5.74, 6) is -1.58. The monoisotopic (exact) mass is 1120 g/mol. The zero-order chi connectivity index (χ0) is 49.3. The van der Waals surface area contributed by atoms with E-state index in [2.05, 4.69) is 51.2 Å². The minimum absolute atomic E-state index is 0. The van der Waals surface area contributed by atoms with E-state index in [0.29, 0.717) is 39.0 Å². The van der Waals surface area contributed by atoms with Crippen LogP contribution in [0.2, 0.25) is 0 Å². The SMILES string of the molecule is O=S(=O)([O-])CCNc1nc(Nc2ccc(C=Cc3ccc(Nc4nc(NCCS(=O)(=O)[O-])nc(N5CCCC(CCO)C5)n4)cc3S(=O)(=O)[O-])c(S(=O)(=O)[O-])c2)nc(N2CCCC(CCO)C2)n1.[Na+].[Na+].[Na+].[Na+]. The minimum Gasteiger partial charge on any atom is -0.748 e. The van der Waals surface area contributed by atoms with Gasteiger partial charge < -0.3 is 59.5 Å². The van der Waals surface area contributed by atoms with E-state index in [0.717, 1.165) is 50.0 Å². The van der Waals surface area contributed by atoms with Crippen LogP contribution in [-0.4, -0.2) is 156 Å². The third-order valence-corrected chi connectivity index (χ3v) is 13.9. The average molecular weight is 1120 g/mol. The Labute approximate surface area is 506 Å². The van der Waals surface area contributed by atoms with Crippen molar-refractivity contribution in [1.82, 2.24) is 29.9 Å². The molecule has 6 N–H and O–H groups in total. The van der Waals surface area contributed by atoms with Crippen molar-refractivity contribution in [2.75, 3.05) is 95.1 Å². The molecule has 2 atom stereocenters. The van der Waals surface area contributed by atoms with Crippen molar-refractivity contribution < 1.29 is 180 Å². The van der Waals surface area contributed by atoms with Crippen LogP contribution in [0.25, 0.3) is 12.2 Å². The van der Waals surface area contributed by atoms with Crippen molar-refractivity contribution >= 4 is 99.7 Å². The number of hydrogen-bond donors (Lipinski definition) is 6. The van der Waals surface area contributed by atoms with Gasteiger partial charge in [-0.15, -0.1) is 0 Å². The van der Waals surface area contributed by atoms with Gasteiger partial charge in [0.15, 0.2) is 0 Å². The van der Waals surface area contributed by atoms with E-state index >= 15 is 0 Å². The van der Waals surface area contributed by atoms with E-state index < -0.39 is 61.8 Å². The van der Waals surface area contributed by atoms with Crippen molar-refractivity contribution in [2.24, 2.45) is 11.8 Å². The molecule has 2 aliphatic rings. The molecule has 2 fully saturated rings. The first kappa shape index (κ1) is 66.7. The number of rotatable bonds is 22. The van der Waals surface area contributed by atoms with Gasteiger partial charge in [0.25, 0.3) is 0 Å². The van der Waals surface area contributed by atoms with Crippen LogP contribution in [0.15, 0.2) is 46.2 Å². The number of piperidine rings is 2. The Morgan fingerprint density at radius 2 is 0.917 bits per heavy atom. The molecule has 4 heterocycles. The first-order chi connectivity index (χ1) is 32.0. The van der Waals surface area contributed by atoms with Crippen LogP contribution in [-0.2, 0) is 40.5 Å². The van der Waals surface area contributed by atoms with E-state index in [1.807, 2.05) is 9.80 Å². The normalized spacial score (nSPS) is 16.4. The second kappa shape index (κ2) is 29.9. The molecule has 0 saturated carbocycles. The fourth-order valence-electron chi connectivity index (χ4n) is 7.56. The third kappa shape index (κ3) is 21.2. The predicted octanol–water partition coefficient (Wildman–Crippen LogP) is -11.3. The molecule has 2 aliphatic heterocycles. The summed E-state index contributed by atoms with van der Waals surface area (Å²) < 4.78 is 143. The Morgan fingerprint density at radius 1 is 0.556 bits per heavy atom. The summed E-state index contributed by atoms with van der Waals surface area (Å²) in [6.45, 7) is 1.26. The van der Waals surface area contributed by atoms with Crippen molar-refractivity contribution in [3.8, 4) is 0 Å². The van der Waals surface area contributed by atoms with Crippen molar-refractivity contribution in [3.05, 3.63) is 47.5 Å². The van der Waals surface area contributed by atoms with Crippen molar-refractivity contribution in [1.29, 1.82) is 0 Å². The smallest absolute Gasteiger partial charge is 0.748 e. The van der Waals surface area contributed by atoms with Crippen molar-refractivity contribution in [3.63, 3.8) is 0 Å². The van der Waals surface area contributed by atoms with Gasteiger partial charge in [0, 0.05) is 63.9 Å². The summed E-state index contributed by atoms with van der Waals surface area (Å²) in [7, 11) is -19.6. The molecule has 2 saturated heterocycles. The zero-order valence-corrected chi connectivity index (χ0v) is 51.4. The van der Waals surface area contributed by atoms with Gasteiger partial charge in [0.05, 0.1) is 41.5 Å². The topological polar surface area (TPSA) is 401 Å². The van der Waals surface area contributed by atoms with E-state index in [1.165, 1.54) is 24.3 Å². The van der Waals surface area contributed by atoms with Crippen LogP contribution in [0.1, 0.15) is 49.7 Å². The van der Waals surface area contributed by atoms with Gasteiger partial charge >= 0.3 is 118 Å². The second-order valence-corrected chi connectivity index (χ2v) is 21.6. The quantitative estimate of drug-likeness (QED) is 0.0242. The Hall–Kier alpha value is -1.44. The van der Waals surface area contributed by atoms with Crippen LogP contribution in [0.3, 0.4) is 0 Å². The van der Waals surface area contributed by atoms with E-state index in [1.54, 1.807) is 0 Å². The molecular weight excluding hydrogens is 1070 g/mol. The first-order valence-electron chi connectivity index (χ1n) is 21.1. The van der Waals surface area contributed by atoms with Gasteiger partial charge in [-0.1, -0.05) is 24.3 Å². The molecule has 34 heteroatoms. The fraction of sp³-hybridized carbons (Fsp3) is 0.474. The maximum Gasteiger partial charge on any atom is 1.00 e. The number of aliphatic hydroxyl groups is 2. The Kier molecular flexibility index (Phi) is 27.7. The number of aliphatic hydroxyl groups excluding tert-OH is 2. The fourth-order valence-corrected chi connectivity index (χ4v) is 9.65. The summed E-state index contributed by atoms with van der Waals surface area (Å²) in [6.07, 6.45) is 6.48. The van der Waals surface area contributed by atoms with E-state index in [-0.39, 0.29) is 215 Å². The van der Waals surface area contributed by atoms with Crippen LogP contribution in [0, 0.1) is 11.8 Å². The molecule has 4 aromatic rings. The van der Waals surface area contributed by atoms with Crippen LogP contribution < -0.4 is 149 Å². The standard InChI is InChI=1S/C38H52N12O14S4.4Na/c51-17-11-25-3-1-15-49(23-25)37-45-33(39-13-19-65(53,54)55)43-35(47-37)41-29-9-7-27(31(21-29)67(59,60)61)5-6-28-8-10-30(22-32(28)68(62,63)64)42-36-44-34(40-14-20-66(56,57)58)46-38(48-36)50-16-2-4-26(24-50)12-18-52;;;;/h5-10,21-22,25-26,51-52H,1-4,11-20,23-24H2,(H,53,54,55)(H,56,57,58)(H,59,60,61)(H,62,63,64)(H2,39,41,43,45,47)(H2,40,42,44,46,48);;;;/q;4*+1/p-4. The maximum atomic E-state index is 12.6. The maximum absolute atomic E-state index is 12.6. The number of nitrogens with zero attached hydrogens (tertiary/aromatic N) is 8. The predicted molar refractivity (Wildman–Crippen MR) is 243 cm³/mol. The van der Waals surface area contributed by atoms with Gasteiger partial charge in [0.2, 0.25) is 35.7 Å². The second-order valence-electron chi connectivity index (χ2n) is 15.9. The third-order valence-electron chi connectivity index (χ3n) is 10.7. The Bertz CT molecular complexity index is 2740. The molecule has 0 radical (unpaired) electrons. The number of aromatic nitrogens is 6. The number of nitrogens with one attached hydrogen (secondary N) is 4. The molecule has 26 nitrogen and oxygen atoms in total. The molecule has 2 aromatic carbocycles. The zero-order valence-electron chi connectivity index (χ0n) is 40.1. The molecule has 0 aliphatic carbocycles. The van der Waals surface area contributed by atoms with Crippen LogP contribution >= 0.6 is 0 Å². The molecule has 2 aromatic heterocycles. The first-order valence-corrected chi connectivity index (χ1v) is 27.0. The molecule has 2 unspecified atom stereocenters.